The van der Waals surface area contributed by atoms with Gasteiger partial charge in [0, 0.05) is 49.6 Å². The molecule has 4 aromatic rings. The summed E-state index contributed by atoms with van der Waals surface area (Å²) in [5, 5.41) is 8.36. The highest BCUT2D eigenvalue weighted by Gasteiger charge is 2.19. The normalized spacial score (nSPS) is 14.1. The van der Waals surface area contributed by atoms with Crippen molar-refractivity contribution in [2.24, 2.45) is 5.73 Å². The molecule has 178 valence electrons. The fourth-order valence-electron chi connectivity index (χ4n) is 4.16. The molecule has 0 radical (unpaired) electrons. The number of benzene rings is 2. The number of carbonyl (C=O) groups is 1. The number of amides is 2. The van der Waals surface area contributed by atoms with E-state index in [2.05, 4.69) is 20.3 Å². The smallest absolute Gasteiger partial charge is 0.314 e. The zero-order chi connectivity index (χ0) is 24.2. The van der Waals surface area contributed by atoms with Gasteiger partial charge in [-0.05, 0) is 48.0 Å². The van der Waals surface area contributed by atoms with Crippen molar-refractivity contribution in [2.45, 2.75) is 6.54 Å². The number of rotatable bonds is 6. The average molecular weight is 489 g/mol. The second kappa shape index (κ2) is 10.1. The Balaban J connectivity index is 1.32. The molecule has 35 heavy (non-hydrogen) atoms. The van der Waals surface area contributed by atoms with E-state index in [1.807, 2.05) is 65.3 Å². The number of nitrogens with two attached hydrogens (primary N) is 1. The summed E-state index contributed by atoms with van der Waals surface area (Å²) in [6, 6.07) is 19.2. The number of anilines is 2. The van der Waals surface area contributed by atoms with E-state index in [1.165, 1.54) is 0 Å². The summed E-state index contributed by atoms with van der Waals surface area (Å²) in [5.74, 6) is 0.464. The van der Waals surface area contributed by atoms with Gasteiger partial charge in [0.25, 0.3) is 0 Å². The van der Waals surface area contributed by atoms with Gasteiger partial charge in [-0.2, -0.15) is 5.10 Å². The Morgan fingerprint density at radius 2 is 1.80 bits per heavy atom. The molecule has 1 aliphatic heterocycles. The molecule has 2 aromatic heterocycles. The Kier molecular flexibility index (Phi) is 6.60. The molecule has 1 saturated heterocycles. The number of hydrogen-bond acceptors (Lipinski definition) is 6. The van der Waals surface area contributed by atoms with Crippen LogP contribution in [0.4, 0.5) is 16.4 Å². The number of aromatic nitrogens is 4. The molecule has 0 spiro atoms. The summed E-state index contributed by atoms with van der Waals surface area (Å²) >= 11 is 6.42. The Labute approximate surface area is 208 Å². The molecule has 0 aliphatic carbocycles. The highest BCUT2D eigenvalue weighted by atomic mass is 35.5. The van der Waals surface area contributed by atoms with Gasteiger partial charge < -0.3 is 16.0 Å². The molecule has 3 heterocycles. The van der Waals surface area contributed by atoms with Crippen LogP contribution in [-0.4, -0.2) is 61.8 Å². The van der Waals surface area contributed by atoms with Crippen LogP contribution < -0.4 is 11.1 Å². The quantitative estimate of drug-likeness (QED) is 0.426. The fraction of sp³-hybridized carbons (Fsp3) is 0.200. The predicted octanol–water partition coefficient (Wildman–Crippen LogP) is 3.92. The van der Waals surface area contributed by atoms with Crippen LogP contribution in [0.3, 0.4) is 0 Å². The van der Waals surface area contributed by atoms with E-state index < -0.39 is 0 Å². The first kappa shape index (κ1) is 22.8. The van der Waals surface area contributed by atoms with Crippen molar-refractivity contribution in [1.29, 1.82) is 0 Å². The first-order valence-electron chi connectivity index (χ1n) is 11.3. The maximum absolute atomic E-state index is 11.4. The Bertz CT molecular complexity index is 1320. The molecule has 0 atom stereocenters. The van der Waals surface area contributed by atoms with Crippen LogP contribution >= 0.6 is 11.6 Å². The standard InChI is InChI=1S/C25H25ClN8O/c26-19-14-18(17-32-10-12-33(13-11-32)24(27)35)15-20(16-19)30-25-28-8-6-22(31-25)23-7-9-29-34(23)21-4-2-1-3-5-21/h1-9,14-16H,10-13,17H2,(H2,27,35)(H,28,30,31). The van der Waals surface area contributed by atoms with Gasteiger partial charge in [0.15, 0.2) is 0 Å². The van der Waals surface area contributed by atoms with Crippen molar-refractivity contribution >= 4 is 29.3 Å². The van der Waals surface area contributed by atoms with Gasteiger partial charge in [0.05, 0.1) is 23.3 Å². The van der Waals surface area contributed by atoms with Crippen molar-refractivity contribution in [3.8, 4) is 17.1 Å². The number of nitrogens with zero attached hydrogens (tertiary/aromatic N) is 6. The fourth-order valence-corrected chi connectivity index (χ4v) is 4.42. The van der Waals surface area contributed by atoms with Crippen LogP contribution in [0, 0.1) is 0 Å². The van der Waals surface area contributed by atoms with Gasteiger partial charge in [-0.3, -0.25) is 4.90 Å². The first-order valence-corrected chi connectivity index (χ1v) is 11.7. The molecule has 9 nitrogen and oxygen atoms in total. The molecule has 0 unspecified atom stereocenters. The zero-order valence-electron chi connectivity index (χ0n) is 19.0. The summed E-state index contributed by atoms with van der Waals surface area (Å²) in [6.07, 6.45) is 3.47. The SMILES string of the molecule is NC(=O)N1CCN(Cc2cc(Cl)cc(Nc3nccc(-c4ccnn4-c4ccccc4)n3)c2)CC1. The number of nitrogens with one attached hydrogen (secondary N) is 1. The topological polar surface area (TPSA) is 105 Å². The number of urea groups is 1. The maximum atomic E-state index is 11.4. The predicted molar refractivity (Wildman–Crippen MR) is 136 cm³/mol. The highest BCUT2D eigenvalue weighted by molar-refractivity contribution is 6.31. The van der Waals surface area contributed by atoms with Crippen LogP contribution in [0.1, 0.15) is 5.56 Å². The Morgan fingerprint density at radius 3 is 2.57 bits per heavy atom. The molecule has 0 saturated carbocycles. The molecule has 5 rings (SSSR count). The third kappa shape index (κ3) is 5.42. The lowest BCUT2D eigenvalue weighted by Gasteiger charge is -2.33. The second-order valence-corrected chi connectivity index (χ2v) is 8.74. The Morgan fingerprint density at radius 1 is 1.00 bits per heavy atom. The largest absolute Gasteiger partial charge is 0.351 e. The molecule has 10 heteroatoms. The second-order valence-electron chi connectivity index (χ2n) is 8.30. The van der Waals surface area contributed by atoms with E-state index in [9.17, 15) is 4.79 Å². The third-order valence-corrected chi connectivity index (χ3v) is 6.08. The van der Waals surface area contributed by atoms with Crippen molar-refractivity contribution in [2.75, 3.05) is 31.5 Å². The number of piperazine rings is 1. The van der Waals surface area contributed by atoms with E-state index in [-0.39, 0.29) is 6.03 Å². The average Bonchev–Trinajstić information content (AvgIpc) is 3.35. The summed E-state index contributed by atoms with van der Waals surface area (Å²) in [7, 11) is 0. The summed E-state index contributed by atoms with van der Waals surface area (Å²) in [4.78, 5) is 24.4. The maximum Gasteiger partial charge on any atom is 0.314 e. The van der Waals surface area contributed by atoms with Gasteiger partial charge >= 0.3 is 6.03 Å². The van der Waals surface area contributed by atoms with Gasteiger partial charge in [0.2, 0.25) is 5.95 Å². The van der Waals surface area contributed by atoms with Gasteiger partial charge in [-0.1, -0.05) is 29.8 Å². The van der Waals surface area contributed by atoms with Crippen molar-refractivity contribution in [3.05, 3.63) is 83.6 Å². The van der Waals surface area contributed by atoms with Crippen LogP contribution in [0.5, 0.6) is 0 Å². The van der Waals surface area contributed by atoms with Crippen LogP contribution in [-0.2, 0) is 6.54 Å². The Hall–Kier alpha value is -3.95. The van der Waals surface area contributed by atoms with E-state index in [0.717, 1.165) is 48.0 Å². The third-order valence-electron chi connectivity index (χ3n) is 5.87. The molecule has 2 amide bonds. The monoisotopic (exact) mass is 488 g/mol. The zero-order valence-corrected chi connectivity index (χ0v) is 19.8. The lowest BCUT2D eigenvalue weighted by Crippen LogP contribution is -2.50. The minimum atomic E-state index is -0.368. The van der Waals surface area contributed by atoms with E-state index in [1.54, 1.807) is 17.3 Å². The van der Waals surface area contributed by atoms with Crippen molar-refractivity contribution in [3.63, 3.8) is 0 Å². The van der Waals surface area contributed by atoms with E-state index >= 15 is 0 Å². The molecular formula is C25H25ClN8O. The van der Waals surface area contributed by atoms with Crippen LogP contribution in [0.15, 0.2) is 73.1 Å². The van der Waals surface area contributed by atoms with Gasteiger partial charge in [-0.15, -0.1) is 0 Å². The lowest BCUT2D eigenvalue weighted by molar-refractivity contribution is 0.140. The number of halogens is 1. The molecule has 2 aromatic carbocycles. The number of hydrogen-bond donors (Lipinski definition) is 2. The summed E-state index contributed by atoms with van der Waals surface area (Å²) in [5.41, 5.74) is 9.82. The number of carbonyl (C=O) groups excluding carboxylic acids is 1. The molecule has 0 bridgehead atoms. The first-order chi connectivity index (χ1) is 17.0. The number of primary amides is 1. The molecular weight excluding hydrogens is 464 g/mol. The van der Waals surface area contributed by atoms with Crippen molar-refractivity contribution < 1.29 is 4.79 Å². The number of para-hydroxylation sites is 1. The van der Waals surface area contributed by atoms with Gasteiger partial charge in [0.1, 0.15) is 0 Å². The lowest BCUT2D eigenvalue weighted by atomic mass is 10.1. The molecule has 1 fully saturated rings. The van der Waals surface area contributed by atoms with E-state index in [0.29, 0.717) is 24.1 Å². The highest BCUT2D eigenvalue weighted by Crippen LogP contribution is 2.25. The van der Waals surface area contributed by atoms with Crippen molar-refractivity contribution in [1.82, 2.24) is 29.5 Å². The minimum absolute atomic E-state index is 0.368. The summed E-state index contributed by atoms with van der Waals surface area (Å²) < 4.78 is 1.85. The van der Waals surface area contributed by atoms with Gasteiger partial charge in [-0.25, -0.2) is 19.4 Å². The summed E-state index contributed by atoms with van der Waals surface area (Å²) in [6.45, 7) is 3.50. The minimum Gasteiger partial charge on any atom is -0.351 e. The molecule has 1 aliphatic rings. The van der Waals surface area contributed by atoms with E-state index in [4.69, 9.17) is 22.3 Å². The van der Waals surface area contributed by atoms with Crippen LogP contribution in [0.25, 0.3) is 17.1 Å². The van der Waals surface area contributed by atoms with Crippen LogP contribution in [0.2, 0.25) is 5.02 Å². The molecule has 3 N–H and O–H groups in total.